The van der Waals surface area contributed by atoms with Crippen LogP contribution >= 0.6 is 33.9 Å². The molecule has 4 heteroatoms. The summed E-state index contributed by atoms with van der Waals surface area (Å²) in [6.45, 7) is 0. The van der Waals surface area contributed by atoms with Gasteiger partial charge in [-0.25, -0.2) is 9.97 Å². The van der Waals surface area contributed by atoms with Gasteiger partial charge in [0.05, 0.1) is 10.2 Å². The van der Waals surface area contributed by atoms with Crippen molar-refractivity contribution in [2.24, 2.45) is 0 Å². The van der Waals surface area contributed by atoms with Crippen molar-refractivity contribution in [3.63, 3.8) is 0 Å². The first kappa shape index (κ1) is 6.48. The fraction of sp³-hybridized carbons (Fsp3) is 0. The second kappa shape index (κ2) is 2.43. The Kier molecular flexibility index (Phi) is 1.57. The van der Waals surface area contributed by atoms with E-state index in [1.807, 2.05) is 11.4 Å². The molecule has 2 aromatic heterocycles. The number of halogens is 1. The SMILES string of the molecule is Ic1ncnc2ccsc12. The van der Waals surface area contributed by atoms with Crippen LogP contribution in [0.4, 0.5) is 0 Å². The Hall–Kier alpha value is -0.230. The van der Waals surface area contributed by atoms with Crippen molar-refractivity contribution in [2.45, 2.75) is 0 Å². The van der Waals surface area contributed by atoms with Gasteiger partial charge in [0.1, 0.15) is 10.0 Å². The molecule has 0 amide bonds. The molecule has 0 radical (unpaired) electrons. The summed E-state index contributed by atoms with van der Waals surface area (Å²) in [6.07, 6.45) is 1.59. The molecule has 2 heterocycles. The summed E-state index contributed by atoms with van der Waals surface area (Å²) < 4.78 is 2.22. The van der Waals surface area contributed by atoms with Crippen LogP contribution in [0.5, 0.6) is 0 Å². The molecule has 0 bridgehead atoms. The number of hydrogen-bond donors (Lipinski definition) is 0. The van der Waals surface area contributed by atoms with Crippen molar-refractivity contribution in [3.8, 4) is 0 Å². The molecular weight excluding hydrogens is 259 g/mol. The van der Waals surface area contributed by atoms with E-state index in [0.717, 1.165) is 9.22 Å². The van der Waals surface area contributed by atoms with E-state index in [1.165, 1.54) is 4.70 Å². The summed E-state index contributed by atoms with van der Waals surface area (Å²) in [7, 11) is 0. The van der Waals surface area contributed by atoms with Gasteiger partial charge in [-0.15, -0.1) is 11.3 Å². The van der Waals surface area contributed by atoms with Crippen molar-refractivity contribution in [2.75, 3.05) is 0 Å². The lowest BCUT2D eigenvalue weighted by Crippen LogP contribution is -1.80. The molecule has 0 saturated carbocycles. The van der Waals surface area contributed by atoms with Crippen LogP contribution in [-0.4, -0.2) is 9.97 Å². The Morgan fingerprint density at radius 1 is 1.40 bits per heavy atom. The average Bonchev–Trinajstić information content (AvgIpc) is 2.36. The molecule has 0 unspecified atom stereocenters. The minimum absolute atomic E-state index is 1.04. The first-order valence-corrected chi connectivity index (χ1v) is 4.67. The molecule has 0 atom stereocenters. The lowest BCUT2D eigenvalue weighted by Gasteiger charge is -1.88. The summed E-state index contributed by atoms with van der Waals surface area (Å²) in [4.78, 5) is 8.16. The molecule has 0 fully saturated rings. The van der Waals surface area contributed by atoms with Gasteiger partial charge in [0.2, 0.25) is 0 Å². The Morgan fingerprint density at radius 3 is 3.10 bits per heavy atom. The van der Waals surface area contributed by atoms with E-state index in [4.69, 9.17) is 0 Å². The molecule has 0 aliphatic rings. The Balaban J connectivity index is 2.95. The van der Waals surface area contributed by atoms with E-state index < -0.39 is 0 Å². The zero-order valence-electron chi connectivity index (χ0n) is 4.91. The Morgan fingerprint density at radius 2 is 2.30 bits per heavy atom. The molecule has 2 aromatic rings. The third kappa shape index (κ3) is 0.911. The van der Waals surface area contributed by atoms with Gasteiger partial charge in [-0.2, -0.15) is 0 Å². The zero-order valence-corrected chi connectivity index (χ0v) is 7.89. The van der Waals surface area contributed by atoms with Gasteiger partial charge in [0, 0.05) is 0 Å². The van der Waals surface area contributed by atoms with E-state index in [2.05, 4.69) is 32.6 Å². The monoisotopic (exact) mass is 262 g/mol. The van der Waals surface area contributed by atoms with Crippen LogP contribution < -0.4 is 0 Å². The number of fused-ring (bicyclic) bond motifs is 1. The highest BCUT2D eigenvalue weighted by Gasteiger charge is 1.99. The van der Waals surface area contributed by atoms with Gasteiger partial charge < -0.3 is 0 Å². The van der Waals surface area contributed by atoms with E-state index >= 15 is 0 Å². The lowest BCUT2D eigenvalue weighted by molar-refractivity contribution is 1.20. The summed E-state index contributed by atoms with van der Waals surface area (Å²) in [6, 6.07) is 2.00. The zero-order chi connectivity index (χ0) is 6.97. The van der Waals surface area contributed by atoms with Crippen molar-refractivity contribution in [3.05, 3.63) is 21.5 Å². The third-order valence-corrected chi connectivity index (χ3v) is 3.29. The van der Waals surface area contributed by atoms with Gasteiger partial charge >= 0.3 is 0 Å². The standard InChI is InChI=1S/C6H3IN2S/c7-6-5-4(1-2-10-5)8-3-9-6/h1-3H. The highest BCUT2D eigenvalue weighted by Crippen LogP contribution is 2.21. The van der Waals surface area contributed by atoms with Crippen molar-refractivity contribution >= 4 is 44.1 Å². The molecule has 0 N–H and O–H groups in total. The minimum atomic E-state index is 1.04. The highest BCUT2D eigenvalue weighted by molar-refractivity contribution is 14.1. The van der Waals surface area contributed by atoms with Gasteiger partial charge in [-0.3, -0.25) is 0 Å². The van der Waals surface area contributed by atoms with E-state index in [-0.39, 0.29) is 0 Å². The van der Waals surface area contributed by atoms with E-state index in [0.29, 0.717) is 0 Å². The molecule has 2 rings (SSSR count). The van der Waals surface area contributed by atoms with Crippen molar-refractivity contribution in [1.82, 2.24) is 9.97 Å². The second-order valence-corrected chi connectivity index (χ2v) is 3.74. The smallest absolute Gasteiger partial charge is 0.122 e. The molecular formula is C6H3IN2S. The van der Waals surface area contributed by atoms with Crippen LogP contribution in [0.25, 0.3) is 10.2 Å². The number of nitrogens with zero attached hydrogens (tertiary/aromatic N) is 2. The van der Waals surface area contributed by atoms with Gasteiger partial charge in [-0.05, 0) is 34.0 Å². The molecule has 2 nitrogen and oxygen atoms in total. The molecule has 50 valence electrons. The number of rotatable bonds is 0. The maximum Gasteiger partial charge on any atom is 0.122 e. The summed E-state index contributed by atoms with van der Waals surface area (Å²) in [5, 5.41) is 2.03. The Bertz CT molecular complexity index is 357. The van der Waals surface area contributed by atoms with Gasteiger partial charge in [-0.1, -0.05) is 0 Å². The van der Waals surface area contributed by atoms with Gasteiger partial charge in [0.25, 0.3) is 0 Å². The van der Waals surface area contributed by atoms with Crippen LogP contribution in [0.2, 0.25) is 0 Å². The molecule has 0 saturated heterocycles. The molecule has 0 aliphatic carbocycles. The van der Waals surface area contributed by atoms with Crippen LogP contribution in [0, 0.1) is 3.70 Å². The first-order valence-electron chi connectivity index (χ1n) is 2.71. The topological polar surface area (TPSA) is 25.8 Å². The molecule has 0 spiro atoms. The number of thiophene rings is 1. The van der Waals surface area contributed by atoms with Crippen LogP contribution in [0.3, 0.4) is 0 Å². The minimum Gasteiger partial charge on any atom is -0.235 e. The maximum absolute atomic E-state index is 4.10. The fourth-order valence-corrected chi connectivity index (χ4v) is 2.27. The summed E-state index contributed by atoms with van der Waals surface area (Å²) in [5.41, 5.74) is 1.05. The predicted octanol–water partition coefficient (Wildman–Crippen LogP) is 2.30. The quantitative estimate of drug-likeness (QED) is 0.537. The van der Waals surface area contributed by atoms with Crippen LogP contribution in [-0.2, 0) is 0 Å². The number of hydrogen-bond acceptors (Lipinski definition) is 3. The summed E-state index contributed by atoms with van der Waals surface area (Å²) in [5.74, 6) is 0. The number of aromatic nitrogens is 2. The average molecular weight is 262 g/mol. The van der Waals surface area contributed by atoms with Crippen molar-refractivity contribution < 1.29 is 0 Å². The molecule has 0 aliphatic heterocycles. The highest BCUT2D eigenvalue weighted by atomic mass is 127. The molecule has 10 heavy (non-hydrogen) atoms. The van der Waals surface area contributed by atoms with Crippen molar-refractivity contribution in [1.29, 1.82) is 0 Å². The van der Waals surface area contributed by atoms with Gasteiger partial charge in [0.15, 0.2) is 0 Å². The lowest BCUT2D eigenvalue weighted by atomic mass is 10.5. The largest absolute Gasteiger partial charge is 0.235 e. The predicted molar refractivity (Wildman–Crippen MR) is 50.1 cm³/mol. The third-order valence-electron chi connectivity index (χ3n) is 1.20. The fourth-order valence-electron chi connectivity index (χ4n) is 0.759. The van der Waals surface area contributed by atoms with Crippen LogP contribution in [0.1, 0.15) is 0 Å². The molecule has 0 aromatic carbocycles. The summed E-state index contributed by atoms with van der Waals surface area (Å²) >= 11 is 3.90. The second-order valence-electron chi connectivity index (χ2n) is 1.80. The van der Waals surface area contributed by atoms with Crippen LogP contribution in [0.15, 0.2) is 17.8 Å². The van der Waals surface area contributed by atoms with E-state index in [1.54, 1.807) is 17.7 Å². The normalized spacial score (nSPS) is 10.5. The Labute approximate surface area is 75.5 Å². The van der Waals surface area contributed by atoms with E-state index in [9.17, 15) is 0 Å². The first-order chi connectivity index (χ1) is 4.88. The maximum atomic E-state index is 4.10.